The van der Waals surface area contributed by atoms with Gasteiger partial charge in [-0.25, -0.2) is 18.5 Å². The molecule has 2 aromatic heterocycles. The molecule has 0 bridgehead atoms. The van der Waals surface area contributed by atoms with Crippen LogP contribution in [0.4, 0.5) is 4.39 Å². The molecule has 0 aliphatic heterocycles. The van der Waals surface area contributed by atoms with Crippen molar-refractivity contribution in [1.29, 1.82) is 5.26 Å². The molecule has 0 fully saturated rings. The Morgan fingerprint density at radius 1 is 1.00 bits per heavy atom. The second kappa shape index (κ2) is 7.37. The summed E-state index contributed by atoms with van der Waals surface area (Å²) < 4.78 is 17.1. The van der Waals surface area contributed by atoms with Crippen LogP contribution in [0, 0.1) is 17.1 Å². The molecule has 148 valence electrons. The number of halogens is 2. The second-order valence-electron chi connectivity index (χ2n) is 6.16. The third-order valence-corrected chi connectivity index (χ3v) is 4.67. The van der Waals surface area contributed by atoms with Crippen LogP contribution >= 0.6 is 11.6 Å². The first-order chi connectivity index (χ1) is 13.6. The Labute approximate surface area is 166 Å². The molecule has 0 saturated heterocycles. The van der Waals surface area contributed by atoms with E-state index in [2.05, 4.69) is 0 Å². The molecule has 11 heteroatoms. The van der Waals surface area contributed by atoms with Crippen LogP contribution in [0.1, 0.15) is 11.1 Å². The van der Waals surface area contributed by atoms with E-state index in [1.165, 1.54) is 20.2 Å². The second-order valence-corrected chi connectivity index (χ2v) is 6.55. The predicted octanol–water partition coefficient (Wildman–Crippen LogP) is 0.109. The lowest BCUT2D eigenvalue weighted by molar-refractivity contribution is 0.598. The Morgan fingerprint density at radius 2 is 1.62 bits per heavy atom. The highest BCUT2D eigenvalue weighted by atomic mass is 35.5. The van der Waals surface area contributed by atoms with Crippen molar-refractivity contribution in [2.45, 2.75) is 6.54 Å². The lowest BCUT2D eigenvalue weighted by Gasteiger charge is -2.17. The van der Waals surface area contributed by atoms with Gasteiger partial charge in [0.15, 0.2) is 0 Å². The van der Waals surface area contributed by atoms with Gasteiger partial charge in [0.1, 0.15) is 16.8 Å². The normalized spacial score (nSPS) is 10.7. The van der Waals surface area contributed by atoms with Gasteiger partial charge in [0.2, 0.25) is 0 Å². The zero-order valence-electron chi connectivity index (χ0n) is 15.2. The molecule has 2 heterocycles. The smallest absolute Gasteiger partial charge is 0.274 e. The van der Waals surface area contributed by atoms with Crippen LogP contribution in [0.2, 0.25) is 5.15 Å². The lowest BCUT2D eigenvalue weighted by atomic mass is 10.1. The fourth-order valence-corrected chi connectivity index (χ4v) is 3.02. The van der Waals surface area contributed by atoms with Crippen LogP contribution in [0.15, 0.2) is 49.5 Å². The van der Waals surface area contributed by atoms with E-state index in [0.717, 1.165) is 42.5 Å². The number of rotatable bonds is 3. The van der Waals surface area contributed by atoms with Gasteiger partial charge in [0.25, 0.3) is 11.1 Å². The van der Waals surface area contributed by atoms with E-state index >= 15 is 0 Å². The van der Waals surface area contributed by atoms with Gasteiger partial charge in [-0.1, -0.05) is 11.6 Å². The van der Waals surface area contributed by atoms with Crippen LogP contribution in [0.25, 0.3) is 5.82 Å². The fraction of sp³-hybridized carbons (Fsp3) is 0.167. The van der Waals surface area contributed by atoms with Gasteiger partial charge < -0.3 is 0 Å². The maximum atomic E-state index is 13.7. The van der Waals surface area contributed by atoms with Gasteiger partial charge in [-0.3, -0.25) is 23.3 Å². The van der Waals surface area contributed by atoms with Crippen molar-refractivity contribution in [2.75, 3.05) is 0 Å². The van der Waals surface area contributed by atoms with Crippen LogP contribution in [0.5, 0.6) is 0 Å². The first kappa shape index (κ1) is 20.0. The predicted molar refractivity (Wildman–Crippen MR) is 102 cm³/mol. The van der Waals surface area contributed by atoms with Gasteiger partial charge in [-0.15, -0.1) is 0 Å². The van der Waals surface area contributed by atoms with Crippen LogP contribution in [0.3, 0.4) is 0 Å². The first-order valence-corrected chi connectivity index (χ1v) is 8.52. The Bertz CT molecular complexity index is 1420. The number of nitrogens with zero attached hydrogens (tertiary/aromatic N) is 5. The maximum Gasteiger partial charge on any atom is 0.337 e. The van der Waals surface area contributed by atoms with Crippen molar-refractivity contribution in [2.24, 2.45) is 14.1 Å². The summed E-state index contributed by atoms with van der Waals surface area (Å²) in [4.78, 5) is 49.4. The maximum absolute atomic E-state index is 13.7. The molecule has 0 atom stereocenters. The number of hydrogen-bond acceptors (Lipinski definition) is 5. The van der Waals surface area contributed by atoms with Crippen molar-refractivity contribution in [3.63, 3.8) is 0 Å². The summed E-state index contributed by atoms with van der Waals surface area (Å²) in [6.07, 6.45) is 0. The third kappa shape index (κ3) is 3.43. The largest absolute Gasteiger partial charge is 0.337 e. The average molecular weight is 418 g/mol. The monoisotopic (exact) mass is 417 g/mol. The highest BCUT2D eigenvalue weighted by Crippen LogP contribution is 2.15. The molecule has 0 unspecified atom stereocenters. The Morgan fingerprint density at radius 3 is 2.28 bits per heavy atom. The van der Waals surface area contributed by atoms with E-state index in [1.807, 2.05) is 6.07 Å². The summed E-state index contributed by atoms with van der Waals surface area (Å²) >= 11 is 6.06. The molecule has 1 aromatic carbocycles. The van der Waals surface area contributed by atoms with Crippen molar-refractivity contribution in [3.05, 3.63) is 94.1 Å². The van der Waals surface area contributed by atoms with Gasteiger partial charge in [-0.2, -0.15) is 5.26 Å². The van der Waals surface area contributed by atoms with Crippen LogP contribution in [-0.4, -0.2) is 18.3 Å². The quantitative estimate of drug-likeness (QED) is 0.561. The number of benzene rings is 1. The fourth-order valence-electron chi connectivity index (χ4n) is 2.77. The number of hydrogen-bond donors (Lipinski definition) is 0. The molecule has 29 heavy (non-hydrogen) atoms. The van der Waals surface area contributed by atoms with Crippen molar-refractivity contribution < 1.29 is 4.39 Å². The number of nitriles is 1. The summed E-state index contributed by atoms with van der Waals surface area (Å²) in [7, 11) is 2.44. The molecule has 0 radical (unpaired) electrons. The minimum Gasteiger partial charge on any atom is -0.274 e. The van der Waals surface area contributed by atoms with E-state index in [1.54, 1.807) is 0 Å². The Kier molecular flexibility index (Phi) is 5.09. The molecule has 0 spiro atoms. The highest BCUT2D eigenvalue weighted by molar-refractivity contribution is 6.29. The van der Waals surface area contributed by atoms with E-state index in [0.29, 0.717) is 0 Å². The SMILES string of the molecule is Cn1c(=O)cc(-n2c(Cl)cc(=O)n(C)c2=O)n(Cc2cc(F)ccc2C#N)c1=O. The van der Waals surface area contributed by atoms with Crippen molar-refractivity contribution in [3.8, 4) is 11.9 Å². The van der Waals surface area contributed by atoms with Gasteiger partial charge in [0, 0.05) is 26.2 Å². The molecular weight excluding hydrogens is 405 g/mol. The highest BCUT2D eigenvalue weighted by Gasteiger charge is 2.18. The Hall–Kier alpha value is -3.71. The lowest BCUT2D eigenvalue weighted by Crippen LogP contribution is -2.44. The van der Waals surface area contributed by atoms with Gasteiger partial charge >= 0.3 is 11.4 Å². The van der Waals surface area contributed by atoms with E-state index < -0.39 is 28.3 Å². The zero-order chi connectivity index (χ0) is 21.5. The standard InChI is InChI=1S/C18H13ClFN5O4/c1-22-16(27)7-14(25-13(19)6-15(26)23(2)18(25)29)24(17(22)28)9-11-5-12(20)4-3-10(11)8-21/h3-7H,9H2,1-2H3. The summed E-state index contributed by atoms with van der Waals surface area (Å²) in [6, 6.07) is 7.27. The molecule has 0 amide bonds. The molecule has 0 aliphatic rings. The molecule has 9 nitrogen and oxygen atoms in total. The molecule has 0 aliphatic carbocycles. The summed E-state index contributed by atoms with van der Waals surface area (Å²) in [6.45, 7) is -0.325. The minimum absolute atomic E-state index is 0.108. The molecule has 0 N–H and O–H groups in total. The minimum atomic E-state index is -0.886. The zero-order valence-corrected chi connectivity index (χ0v) is 16.0. The topological polar surface area (TPSA) is 112 Å². The molecule has 3 aromatic rings. The van der Waals surface area contributed by atoms with Crippen LogP contribution in [-0.2, 0) is 20.6 Å². The van der Waals surface area contributed by atoms with Gasteiger partial charge in [-0.05, 0) is 23.8 Å². The molecular formula is C18H13ClFN5O4. The number of aromatic nitrogens is 4. The van der Waals surface area contributed by atoms with E-state index in [9.17, 15) is 28.8 Å². The average Bonchev–Trinajstić information content (AvgIpc) is 2.67. The van der Waals surface area contributed by atoms with E-state index in [-0.39, 0.29) is 28.6 Å². The summed E-state index contributed by atoms with van der Waals surface area (Å²) in [5, 5.41) is 8.95. The van der Waals surface area contributed by atoms with E-state index in [4.69, 9.17) is 11.6 Å². The van der Waals surface area contributed by atoms with Crippen molar-refractivity contribution in [1.82, 2.24) is 18.3 Å². The summed E-state index contributed by atoms with van der Waals surface area (Å²) in [5.41, 5.74) is -2.84. The Balaban J connectivity index is 2.40. The molecule has 3 rings (SSSR count). The summed E-state index contributed by atoms with van der Waals surface area (Å²) in [5.74, 6) is -0.854. The van der Waals surface area contributed by atoms with Gasteiger partial charge in [0.05, 0.1) is 18.2 Å². The molecule has 0 saturated carbocycles. The van der Waals surface area contributed by atoms with Crippen molar-refractivity contribution >= 4 is 11.6 Å². The van der Waals surface area contributed by atoms with Crippen LogP contribution < -0.4 is 22.5 Å². The third-order valence-electron chi connectivity index (χ3n) is 4.39. The first-order valence-electron chi connectivity index (χ1n) is 8.14.